The first kappa shape index (κ1) is 7.72. The van der Waals surface area contributed by atoms with Gasteiger partial charge in [0.1, 0.15) is 0 Å². The van der Waals surface area contributed by atoms with Gasteiger partial charge in [0.05, 0.1) is 6.61 Å². The van der Waals surface area contributed by atoms with Gasteiger partial charge in [0.15, 0.2) is 0 Å². The molecule has 0 fully saturated rings. The summed E-state index contributed by atoms with van der Waals surface area (Å²) in [7, 11) is 0. The van der Waals surface area contributed by atoms with E-state index in [0.29, 0.717) is 6.61 Å². The van der Waals surface area contributed by atoms with Crippen molar-refractivity contribution >= 4 is 11.3 Å². The number of nitrogens with two attached hydrogens (primary N) is 1. The Labute approximate surface area is 64.6 Å². The second kappa shape index (κ2) is 4.44. The highest BCUT2D eigenvalue weighted by Crippen LogP contribution is 2.07. The molecule has 0 aliphatic rings. The molecule has 0 saturated carbocycles. The van der Waals surface area contributed by atoms with E-state index in [1.807, 2.05) is 0 Å². The van der Waals surface area contributed by atoms with E-state index in [4.69, 9.17) is 5.90 Å². The molecule has 0 aliphatic carbocycles. The van der Waals surface area contributed by atoms with E-state index in [2.05, 4.69) is 21.7 Å². The predicted octanol–water partition coefficient (Wildman–Crippen LogP) is 1.57. The van der Waals surface area contributed by atoms with Crippen LogP contribution in [0.25, 0.3) is 0 Å². The molecule has 0 aromatic carbocycles. The summed E-state index contributed by atoms with van der Waals surface area (Å²) in [5.41, 5.74) is 1.38. The van der Waals surface area contributed by atoms with Gasteiger partial charge in [-0.2, -0.15) is 11.3 Å². The molecule has 1 rings (SSSR count). The van der Waals surface area contributed by atoms with Crippen LogP contribution in [-0.4, -0.2) is 6.61 Å². The highest BCUT2D eigenvalue weighted by atomic mass is 32.1. The van der Waals surface area contributed by atoms with Gasteiger partial charge in [-0.3, -0.25) is 0 Å². The number of aryl methyl sites for hydroxylation is 1. The van der Waals surface area contributed by atoms with Gasteiger partial charge in [-0.25, -0.2) is 5.90 Å². The molecule has 1 aromatic rings. The summed E-state index contributed by atoms with van der Waals surface area (Å²) in [6.45, 7) is 0.649. The maximum absolute atomic E-state index is 4.87. The minimum atomic E-state index is 0.649. The first-order valence-corrected chi connectivity index (χ1v) is 4.20. The SMILES string of the molecule is NOCCCc1ccsc1. The molecule has 2 N–H and O–H groups in total. The van der Waals surface area contributed by atoms with Gasteiger partial charge in [-0.1, -0.05) is 0 Å². The van der Waals surface area contributed by atoms with Crippen LogP contribution in [0.4, 0.5) is 0 Å². The molecule has 0 bridgehead atoms. The third kappa shape index (κ3) is 2.47. The molecular formula is C7H11NOS. The van der Waals surface area contributed by atoms with Crippen LogP contribution in [0, 0.1) is 0 Å². The summed E-state index contributed by atoms with van der Waals surface area (Å²) in [4.78, 5) is 4.44. The zero-order chi connectivity index (χ0) is 7.23. The van der Waals surface area contributed by atoms with Gasteiger partial charge in [0.2, 0.25) is 0 Å². The number of hydrogen-bond acceptors (Lipinski definition) is 3. The van der Waals surface area contributed by atoms with Crippen molar-refractivity contribution in [3.05, 3.63) is 22.4 Å². The largest absolute Gasteiger partial charge is 0.305 e. The fraction of sp³-hybridized carbons (Fsp3) is 0.429. The summed E-state index contributed by atoms with van der Waals surface area (Å²) < 4.78 is 0. The van der Waals surface area contributed by atoms with Crippen LogP contribution in [-0.2, 0) is 11.3 Å². The number of rotatable bonds is 4. The summed E-state index contributed by atoms with van der Waals surface area (Å²) in [6.07, 6.45) is 2.08. The highest BCUT2D eigenvalue weighted by molar-refractivity contribution is 7.07. The molecule has 0 unspecified atom stereocenters. The smallest absolute Gasteiger partial charge is 0.0682 e. The van der Waals surface area contributed by atoms with Gasteiger partial charge in [-0.15, -0.1) is 0 Å². The van der Waals surface area contributed by atoms with Gasteiger partial charge in [0.25, 0.3) is 0 Å². The van der Waals surface area contributed by atoms with Crippen LogP contribution in [0.1, 0.15) is 12.0 Å². The molecule has 0 saturated heterocycles. The zero-order valence-electron chi connectivity index (χ0n) is 5.75. The lowest BCUT2D eigenvalue weighted by atomic mass is 10.2. The van der Waals surface area contributed by atoms with E-state index in [1.165, 1.54) is 5.56 Å². The first-order chi connectivity index (χ1) is 4.93. The van der Waals surface area contributed by atoms with E-state index < -0.39 is 0 Å². The van der Waals surface area contributed by atoms with Crippen molar-refractivity contribution in [3.63, 3.8) is 0 Å². The van der Waals surface area contributed by atoms with Gasteiger partial charge >= 0.3 is 0 Å². The van der Waals surface area contributed by atoms with Gasteiger partial charge in [0, 0.05) is 0 Å². The molecule has 2 nitrogen and oxygen atoms in total. The standard InChI is InChI=1S/C7H11NOS/c8-9-4-1-2-7-3-5-10-6-7/h3,5-6H,1-2,4,8H2. The van der Waals surface area contributed by atoms with Crippen LogP contribution < -0.4 is 5.90 Å². The average molecular weight is 157 g/mol. The maximum Gasteiger partial charge on any atom is 0.0682 e. The Morgan fingerprint density at radius 2 is 2.50 bits per heavy atom. The van der Waals surface area contributed by atoms with E-state index in [1.54, 1.807) is 11.3 Å². The fourth-order valence-electron chi connectivity index (χ4n) is 0.795. The minimum Gasteiger partial charge on any atom is -0.305 e. The van der Waals surface area contributed by atoms with Crippen LogP contribution in [0.15, 0.2) is 16.8 Å². The molecule has 3 heteroatoms. The van der Waals surface area contributed by atoms with E-state index in [9.17, 15) is 0 Å². The Kier molecular flexibility index (Phi) is 3.43. The molecule has 1 aromatic heterocycles. The number of hydrogen-bond donors (Lipinski definition) is 1. The predicted molar refractivity (Wildman–Crippen MR) is 42.8 cm³/mol. The second-order valence-electron chi connectivity index (χ2n) is 2.11. The second-order valence-corrected chi connectivity index (χ2v) is 2.89. The average Bonchev–Trinajstić information content (AvgIpc) is 2.41. The lowest BCUT2D eigenvalue weighted by Gasteiger charge is -1.94. The van der Waals surface area contributed by atoms with Crippen LogP contribution >= 0.6 is 11.3 Å². The van der Waals surface area contributed by atoms with Crippen LogP contribution in [0.3, 0.4) is 0 Å². The molecule has 1 heterocycles. The maximum atomic E-state index is 4.87. The van der Waals surface area contributed by atoms with Crippen molar-refractivity contribution in [2.75, 3.05) is 6.61 Å². The summed E-state index contributed by atoms with van der Waals surface area (Å²) in [5, 5.41) is 4.23. The normalized spacial score (nSPS) is 10.1. The van der Waals surface area contributed by atoms with Crippen molar-refractivity contribution in [1.29, 1.82) is 0 Å². The van der Waals surface area contributed by atoms with E-state index >= 15 is 0 Å². The summed E-state index contributed by atoms with van der Waals surface area (Å²) in [5.74, 6) is 4.87. The molecule has 0 spiro atoms. The Hall–Kier alpha value is -0.380. The Bertz CT molecular complexity index is 162. The minimum absolute atomic E-state index is 0.649. The molecule has 0 atom stereocenters. The van der Waals surface area contributed by atoms with Crippen LogP contribution in [0.2, 0.25) is 0 Å². The molecular weight excluding hydrogens is 146 g/mol. The molecule has 0 aliphatic heterocycles. The van der Waals surface area contributed by atoms with Crippen molar-refractivity contribution < 1.29 is 4.84 Å². The third-order valence-electron chi connectivity index (χ3n) is 1.31. The van der Waals surface area contributed by atoms with Crippen molar-refractivity contribution in [1.82, 2.24) is 0 Å². The van der Waals surface area contributed by atoms with Gasteiger partial charge < -0.3 is 4.84 Å². The lowest BCUT2D eigenvalue weighted by molar-refractivity contribution is 0.135. The number of thiophene rings is 1. The molecule has 0 amide bonds. The first-order valence-electron chi connectivity index (χ1n) is 3.26. The van der Waals surface area contributed by atoms with Crippen LogP contribution in [0.5, 0.6) is 0 Å². The molecule has 56 valence electrons. The summed E-state index contributed by atoms with van der Waals surface area (Å²) in [6, 6.07) is 2.13. The Morgan fingerprint density at radius 1 is 1.60 bits per heavy atom. The lowest BCUT2D eigenvalue weighted by Crippen LogP contribution is -2.01. The zero-order valence-corrected chi connectivity index (χ0v) is 6.56. The van der Waals surface area contributed by atoms with Crippen molar-refractivity contribution in [3.8, 4) is 0 Å². The quantitative estimate of drug-likeness (QED) is 0.532. The summed E-state index contributed by atoms with van der Waals surface area (Å²) >= 11 is 1.73. The third-order valence-corrected chi connectivity index (χ3v) is 2.04. The fourth-order valence-corrected chi connectivity index (χ4v) is 1.50. The molecule has 10 heavy (non-hydrogen) atoms. The van der Waals surface area contributed by atoms with Gasteiger partial charge in [-0.05, 0) is 35.2 Å². The van der Waals surface area contributed by atoms with Crippen molar-refractivity contribution in [2.24, 2.45) is 5.90 Å². The van der Waals surface area contributed by atoms with E-state index in [0.717, 1.165) is 12.8 Å². The monoisotopic (exact) mass is 157 g/mol. The Morgan fingerprint density at radius 3 is 3.10 bits per heavy atom. The molecule has 0 radical (unpaired) electrons. The van der Waals surface area contributed by atoms with Crippen molar-refractivity contribution in [2.45, 2.75) is 12.8 Å². The Balaban J connectivity index is 2.15. The topological polar surface area (TPSA) is 35.2 Å². The van der Waals surface area contributed by atoms with E-state index in [-0.39, 0.29) is 0 Å². The highest BCUT2D eigenvalue weighted by Gasteiger charge is 1.91.